The number of hydrogen-bond acceptors (Lipinski definition) is 3. The molecule has 1 N–H and O–H groups in total. The highest BCUT2D eigenvalue weighted by Gasteiger charge is 2.34. The molecule has 1 aliphatic heterocycles. The first-order valence-electron chi connectivity index (χ1n) is 6.67. The lowest BCUT2D eigenvalue weighted by Crippen LogP contribution is -2.41. The number of nitrogens with zero attached hydrogens (tertiary/aromatic N) is 1. The molecule has 0 saturated carbocycles. The van der Waals surface area contributed by atoms with Gasteiger partial charge in [-0.1, -0.05) is 11.6 Å². The maximum Gasteiger partial charge on any atom is 0.287 e. The van der Waals surface area contributed by atoms with E-state index < -0.39 is 17.8 Å². The third-order valence-corrected chi connectivity index (χ3v) is 3.78. The van der Waals surface area contributed by atoms with Gasteiger partial charge in [-0.2, -0.15) is 0 Å². The van der Waals surface area contributed by atoms with Gasteiger partial charge in [-0.3, -0.25) is 9.59 Å². The molecule has 3 rings (SSSR count). The van der Waals surface area contributed by atoms with Gasteiger partial charge >= 0.3 is 0 Å². The Morgan fingerprint density at radius 2 is 2.23 bits per heavy atom. The minimum Gasteiger partial charge on any atom is -0.459 e. The lowest BCUT2D eigenvalue weighted by Gasteiger charge is -2.17. The standard InChI is InChI=1S/C15H12ClFN2O3/c16-10-4-3-9(8-11(10)17)19-6-5-12(15(19)21)18-14(20)13-2-1-7-22-13/h1-4,7-8,12H,5-6H2,(H,18,20). The average Bonchev–Trinajstić information content (AvgIpc) is 3.13. The highest BCUT2D eigenvalue weighted by Crippen LogP contribution is 2.25. The molecule has 7 heteroatoms. The number of hydrogen-bond donors (Lipinski definition) is 1. The van der Waals surface area contributed by atoms with Crippen LogP contribution in [-0.4, -0.2) is 24.4 Å². The van der Waals surface area contributed by atoms with Crippen molar-refractivity contribution < 1.29 is 18.4 Å². The van der Waals surface area contributed by atoms with Crippen LogP contribution in [0.15, 0.2) is 41.0 Å². The summed E-state index contributed by atoms with van der Waals surface area (Å²) in [5.74, 6) is -1.19. The van der Waals surface area contributed by atoms with Crippen molar-refractivity contribution in [2.45, 2.75) is 12.5 Å². The molecule has 0 spiro atoms. The van der Waals surface area contributed by atoms with Crippen LogP contribution in [-0.2, 0) is 4.79 Å². The molecule has 22 heavy (non-hydrogen) atoms. The van der Waals surface area contributed by atoms with Crippen molar-refractivity contribution in [3.63, 3.8) is 0 Å². The lowest BCUT2D eigenvalue weighted by atomic mass is 10.2. The highest BCUT2D eigenvalue weighted by atomic mass is 35.5. The van der Waals surface area contributed by atoms with Crippen molar-refractivity contribution in [1.82, 2.24) is 5.32 Å². The second-order valence-electron chi connectivity index (χ2n) is 4.88. The van der Waals surface area contributed by atoms with Gasteiger partial charge in [0.15, 0.2) is 5.76 Å². The van der Waals surface area contributed by atoms with Crippen LogP contribution in [0.2, 0.25) is 5.02 Å². The molecule has 1 aromatic heterocycles. The normalized spacial score (nSPS) is 17.8. The second kappa shape index (κ2) is 5.81. The highest BCUT2D eigenvalue weighted by molar-refractivity contribution is 6.30. The fraction of sp³-hybridized carbons (Fsp3) is 0.200. The Balaban J connectivity index is 1.72. The van der Waals surface area contributed by atoms with E-state index in [0.717, 1.165) is 0 Å². The largest absolute Gasteiger partial charge is 0.459 e. The van der Waals surface area contributed by atoms with Crippen LogP contribution in [0.4, 0.5) is 10.1 Å². The van der Waals surface area contributed by atoms with Gasteiger partial charge in [-0.05, 0) is 36.8 Å². The molecule has 1 aromatic carbocycles. The number of nitrogens with one attached hydrogen (secondary N) is 1. The number of benzene rings is 1. The number of halogens is 2. The van der Waals surface area contributed by atoms with Crippen molar-refractivity contribution in [3.05, 3.63) is 53.2 Å². The summed E-state index contributed by atoms with van der Waals surface area (Å²) in [6.07, 6.45) is 1.82. The van der Waals surface area contributed by atoms with Crippen molar-refractivity contribution in [2.24, 2.45) is 0 Å². The number of carbonyl (C=O) groups is 2. The van der Waals surface area contributed by atoms with Gasteiger partial charge in [0.1, 0.15) is 11.9 Å². The SMILES string of the molecule is O=C(NC1CCN(c2ccc(Cl)c(F)c2)C1=O)c1ccco1. The predicted molar refractivity (Wildman–Crippen MR) is 78.3 cm³/mol. The summed E-state index contributed by atoms with van der Waals surface area (Å²) in [7, 11) is 0. The molecule has 114 valence electrons. The third kappa shape index (κ3) is 2.69. The zero-order chi connectivity index (χ0) is 15.7. The summed E-state index contributed by atoms with van der Waals surface area (Å²) in [5, 5.41) is 2.61. The molecule has 1 unspecified atom stereocenters. The van der Waals surface area contributed by atoms with E-state index in [2.05, 4.69) is 5.32 Å². The maximum absolute atomic E-state index is 13.5. The predicted octanol–water partition coefficient (Wildman–Crippen LogP) is 2.61. The number of rotatable bonds is 3. The Hall–Kier alpha value is -2.34. The van der Waals surface area contributed by atoms with Crippen molar-refractivity contribution in [3.8, 4) is 0 Å². The summed E-state index contributed by atoms with van der Waals surface area (Å²) < 4.78 is 18.5. The summed E-state index contributed by atoms with van der Waals surface area (Å²) in [5.41, 5.74) is 0.418. The molecule has 1 atom stereocenters. The van der Waals surface area contributed by atoms with E-state index in [0.29, 0.717) is 18.7 Å². The van der Waals surface area contributed by atoms with Gasteiger partial charge in [-0.25, -0.2) is 4.39 Å². The van der Waals surface area contributed by atoms with Gasteiger partial charge in [0.2, 0.25) is 5.91 Å². The molecule has 2 heterocycles. The fourth-order valence-electron chi connectivity index (χ4n) is 2.36. The van der Waals surface area contributed by atoms with E-state index in [1.54, 1.807) is 12.1 Å². The van der Waals surface area contributed by atoms with Crippen LogP contribution >= 0.6 is 11.6 Å². The smallest absolute Gasteiger partial charge is 0.287 e. The quantitative estimate of drug-likeness (QED) is 0.944. The Morgan fingerprint density at radius 1 is 1.41 bits per heavy atom. The molecular weight excluding hydrogens is 311 g/mol. The molecule has 0 aliphatic carbocycles. The van der Waals surface area contributed by atoms with Crippen LogP contribution in [0.25, 0.3) is 0 Å². The minimum absolute atomic E-state index is 0.00179. The molecule has 5 nitrogen and oxygen atoms in total. The maximum atomic E-state index is 13.5. The molecule has 0 radical (unpaired) electrons. The van der Waals surface area contributed by atoms with Gasteiger partial charge in [0.25, 0.3) is 5.91 Å². The van der Waals surface area contributed by atoms with E-state index in [-0.39, 0.29) is 16.7 Å². The zero-order valence-corrected chi connectivity index (χ0v) is 12.1. The van der Waals surface area contributed by atoms with Gasteiger partial charge in [0.05, 0.1) is 11.3 Å². The molecule has 0 bridgehead atoms. The van der Waals surface area contributed by atoms with E-state index in [9.17, 15) is 14.0 Å². The summed E-state index contributed by atoms with van der Waals surface area (Å²) in [6.45, 7) is 0.392. The third-order valence-electron chi connectivity index (χ3n) is 3.47. The van der Waals surface area contributed by atoms with Crippen molar-refractivity contribution in [1.29, 1.82) is 0 Å². The monoisotopic (exact) mass is 322 g/mol. The average molecular weight is 323 g/mol. The van der Waals surface area contributed by atoms with Crippen LogP contribution in [0.1, 0.15) is 17.0 Å². The van der Waals surface area contributed by atoms with Gasteiger partial charge in [-0.15, -0.1) is 0 Å². The summed E-state index contributed by atoms with van der Waals surface area (Å²) in [4.78, 5) is 25.7. The number of carbonyl (C=O) groups excluding carboxylic acids is 2. The summed E-state index contributed by atoms with van der Waals surface area (Å²) >= 11 is 5.63. The van der Waals surface area contributed by atoms with E-state index >= 15 is 0 Å². The fourth-order valence-corrected chi connectivity index (χ4v) is 2.48. The second-order valence-corrected chi connectivity index (χ2v) is 5.29. The van der Waals surface area contributed by atoms with Crippen molar-refractivity contribution in [2.75, 3.05) is 11.4 Å². The van der Waals surface area contributed by atoms with Crippen LogP contribution < -0.4 is 10.2 Å². The Labute approximate surface area is 130 Å². The van der Waals surface area contributed by atoms with Crippen molar-refractivity contribution >= 4 is 29.1 Å². The van der Waals surface area contributed by atoms with E-state index in [1.807, 2.05) is 0 Å². The number of amides is 2. The molecule has 1 fully saturated rings. The van der Waals surface area contributed by atoms with Gasteiger partial charge < -0.3 is 14.6 Å². The first-order valence-corrected chi connectivity index (χ1v) is 7.05. The summed E-state index contributed by atoms with van der Waals surface area (Å²) in [6, 6.07) is 6.62. The Kier molecular flexibility index (Phi) is 3.85. The molecular formula is C15H12ClFN2O3. The van der Waals surface area contributed by atoms with Crippen LogP contribution in [0.3, 0.4) is 0 Å². The van der Waals surface area contributed by atoms with Crippen LogP contribution in [0.5, 0.6) is 0 Å². The zero-order valence-electron chi connectivity index (χ0n) is 11.4. The lowest BCUT2D eigenvalue weighted by molar-refractivity contribution is -0.118. The topological polar surface area (TPSA) is 62.6 Å². The molecule has 2 amide bonds. The molecule has 1 saturated heterocycles. The van der Waals surface area contributed by atoms with Crippen LogP contribution in [0, 0.1) is 5.82 Å². The van der Waals surface area contributed by atoms with Gasteiger partial charge in [0, 0.05) is 12.2 Å². The number of furan rings is 1. The minimum atomic E-state index is -0.656. The van der Waals surface area contributed by atoms with E-state index in [1.165, 1.54) is 29.4 Å². The molecule has 1 aliphatic rings. The molecule has 2 aromatic rings. The Bertz CT molecular complexity index is 718. The first-order chi connectivity index (χ1) is 10.6. The number of anilines is 1. The van der Waals surface area contributed by atoms with E-state index in [4.69, 9.17) is 16.0 Å². The first kappa shape index (κ1) is 14.6. The Morgan fingerprint density at radius 3 is 2.91 bits per heavy atom.